The highest BCUT2D eigenvalue weighted by Crippen LogP contribution is 2.40. The molecule has 168 valence electrons. The molecule has 0 amide bonds. The lowest BCUT2D eigenvalue weighted by atomic mass is 9.77. The van der Waals surface area contributed by atoms with Crippen LogP contribution in [0.2, 0.25) is 0 Å². The van der Waals surface area contributed by atoms with Gasteiger partial charge in [-0.25, -0.2) is 0 Å². The SMILES string of the molecule is COc1ccccc1CC1(O)CC(=Cc2ccco2)CCCC1CN1CCN(C)CC1. The van der Waals surface area contributed by atoms with Crippen LogP contribution in [0.1, 0.15) is 37.0 Å². The van der Waals surface area contributed by atoms with Crippen LogP contribution in [0.3, 0.4) is 0 Å². The molecule has 4 rings (SSSR count). The number of likely N-dealkylation sites (N-methyl/N-ethyl adjacent to an activating group) is 1. The van der Waals surface area contributed by atoms with Crippen LogP contribution < -0.4 is 4.74 Å². The van der Waals surface area contributed by atoms with Gasteiger partial charge in [-0.15, -0.1) is 0 Å². The van der Waals surface area contributed by atoms with E-state index in [1.165, 1.54) is 5.57 Å². The summed E-state index contributed by atoms with van der Waals surface area (Å²) in [6.45, 7) is 5.30. The number of hydrogen-bond acceptors (Lipinski definition) is 5. The Kier molecular flexibility index (Phi) is 7.16. The molecule has 5 nitrogen and oxygen atoms in total. The minimum Gasteiger partial charge on any atom is -0.496 e. The Balaban J connectivity index is 1.60. The van der Waals surface area contributed by atoms with Gasteiger partial charge in [0.15, 0.2) is 0 Å². The zero-order chi connectivity index (χ0) is 21.7. The van der Waals surface area contributed by atoms with Gasteiger partial charge in [-0.3, -0.25) is 0 Å². The molecule has 0 radical (unpaired) electrons. The summed E-state index contributed by atoms with van der Waals surface area (Å²) in [5.74, 6) is 1.95. The molecule has 2 fully saturated rings. The summed E-state index contributed by atoms with van der Waals surface area (Å²) in [6.07, 6.45) is 8.25. The fourth-order valence-electron chi connectivity index (χ4n) is 5.16. The number of para-hydroxylation sites is 1. The number of piperazine rings is 1. The maximum absolute atomic E-state index is 12.2. The molecule has 5 heteroatoms. The van der Waals surface area contributed by atoms with Gasteiger partial charge in [0.1, 0.15) is 11.5 Å². The second kappa shape index (κ2) is 10.0. The summed E-state index contributed by atoms with van der Waals surface area (Å²) in [6, 6.07) is 12.0. The van der Waals surface area contributed by atoms with E-state index in [2.05, 4.69) is 29.0 Å². The number of methoxy groups -OCH3 is 1. The standard InChI is InChI=1S/C26H36N2O3/c1-27-12-14-28(15-13-27)20-23-9-5-7-21(17-24-10-6-16-31-24)18-26(23,29)19-22-8-3-4-11-25(22)30-2/h3-4,6,8,10-11,16-17,23,29H,5,7,9,12-15,18-20H2,1-2H3. The number of hydrogen-bond donors (Lipinski definition) is 1. The van der Waals surface area contributed by atoms with Gasteiger partial charge in [0.2, 0.25) is 0 Å². The highest BCUT2D eigenvalue weighted by Gasteiger charge is 2.40. The summed E-state index contributed by atoms with van der Waals surface area (Å²) < 4.78 is 11.2. The van der Waals surface area contributed by atoms with Crippen LogP contribution in [0, 0.1) is 5.92 Å². The number of furan rings is 1. The van der Waals surface area contributed by atoms with E-state index in [1.807, 2.05) is 30.3 Å². The zero-order valence-electron chi connectivity index (χ0n) is 18.9. The van der Waals surface area contributed by atoms with Gasteiger partial charge < -0.3 is 24.1 Å². The molecule has 2 unspecified atom stereocenters. The Bertz CT molecular complexity index is 855. The predicted octanol–water partition coefficient (Wildman–Crippen LogP) is 4.08. The van der Waals surface area contributed by atoms with Gasteiger partial charge in [-0.1, -0.05) is 23.8 Å². The van der Waals surface area contributed by atoms with Crippen LogP contribution in [0.4, 0.5) is 0 Å². The molecule has 1 aromatic heterocycles. The lowest BCUT2D eigenvalue weighted by molar-refractivity contribution is -0.0350. The number of aliphatic hydroxyl groups is 1. The van der Waals surface area contributed by atoms with Gasteiger partial charge in [-0.2, -0.15) is 0 Å². The number of nitrogens with zero attached hydrogens (tertiary/aromatic N) is 2. The van der Waals surface area contributed by atoms with Crippen molar-refractivity contribution in [2.75, 3.05) is 46.9 Å². The fourth-order valence-corrected chi connectivity index (χ4v) is 5.16. The van der Waals surface area contributed by atoms with E-state index >= 15 is 0 Å². The summed E-state index contributed by atoms with van der Waals surface area (Å²) in [4.78, 5) is 4.92. The topological polar surface area (TPSA) is 49.1 Å². The molecule has 2 atom stereocenters. The Morgan fingerprint density at radius 3 is 2.71 bits per heavy atom. The first-order valence-corrected chi connectivity index (χ1v) is 11.5. The van der Waals surface area contributed by atoms with Crippen LogP contribution in [-0.4, -0.2) is 67.4 Å². The first-order chi connectivity index (χ1) is 15.1. The van der Waals surface area contributed by atoms with Crippen molar-refractivity contribution < 1.29 is 14.3 Å². The summed E-state index contributed by atoms with van der Waals surface area (Å²) in [7, 11) is 3.90. The Morgan fingerprint density at radius 2 is 1.97 bits per heavy atom. The minimum atomic E-state index is -0.813. The van der Waals surface area contributed by atoms with Crippen LogP contribution in [-0.2, 0) is 6.42 Å². The molecule has 0 bridgehead atoms. The van der Waals surface area contributed by atoms with Gasteiger partial charge in [0, 0.05) is 45.1 Å². The first kappa shape index (κ1) is 22.1. The third-order valence-electron chi connectivity index (χ3n) is 7.00. The summed E-state index contributed by atoms with van der Waals surface area (Å²) in [5.41, 5.74) is 1.54. The normalized spacial score (nSPS) is 27.3. The largest absolute Gasteiger partial charge is 0.496 e. The first-order valence-electron chi connectivity index (χ1n) is 11.5. The maximum atomic E-state index is 12.2. The summed E-state index contributed by atoms with van der Waals surface area (Å²) >= 11 is 0. The molecule has 1 saturated heterocycles. The summed E-state index contributed by atoms with van der Waals surface area (Å²) in [5, 5.41) is 12.2. The molecular weight excluding hydrogens is 388 g/mol. The van der Waals surface area contributed by atoms with E-state index in [0.717, 1.165) is 69.1 Å². The smallest absolute Gasteiger partial charge is 0.126 e. The van der Waals surface area contributed by atoms with Crippen molar-refractivity contribution in [2.24, 2.45) is 5.92 Å². The van der Waals surface area contributed by atoms with Crippen molar-refractivity contribution in [3.8, 4) is 5.75 Å². The Morgan fingerprint density at radius 1 is 1.16 bits per heavy atom. The van der Waals surface area contributed by atoms with Crippen LogP contribution >= 0.6 is 0 Å². The van der Waals surface area contributed by atoms with E-state index in [9.17, 15) is 5.11 Å². The average Bonchev–Trinajstić information content (AvgIpc) is 3.22. The minimum absolute atomic E-state index is 0.225. The van der Waals surface area contributed by atoms with Gasteiger partial charge in [-0.05, 0) is 62.6 Å². The van der Waals surface area contributed by atoms with Crippen molar-refractivity contribution in [3.05, 3.63) is 59.6 Å². The van der Waals surface area contributed by atoms with Gasteiger partial charge in [0.25, 0.3) is 0 Å². The quantitative estimate of drug-likeness (QED) is 0.708. The molecule has 0 spiro atoms. The van der Waals surface area contributed by atoms with Gasteiger partial charge >= 0.3 is 0 Å². The van der Waals surface area contributed by atoms with Crippen molar-refractivity contribution in [2.45, 2.75) is 37.7 Å². The van der Waals surface area contributed by atoms with E-state index in [0.29, 0.717) is 12.8 Å². The highest BCUT2D eigenvalue weighted by molar-refractivity contribution is 5.48. The van der Waals surface area contributed by atoms with Crippen LogP contribution in [0.5, 0.6) is 5.75 Å². The monoisotopic (exact) mass is 424 g/mol. The fraction of sp³-hybridized carbons (Fsp3) is 0.538. The molecule has 2 aliphatic rings. The number of rotatable bonds is 6. The second-order valence-electron chi connectivity index (χ2n) is 9.28. The van der Waals surface area contributed by atoms with E-state index < -0.39 is 5.60 Å². The molecule has 1 aromatic carbocycles. The molecule has 31 heavy (non-hydrogen) atoms. The molecule has 1 saturated carbocycles. The van der Waals surface area contributed by atoms with E-state index in [4.69, 9.17) is 9.15 Å². The van der Waals surface area contributed by atoms with Crippen LogP contribution in [0.15, 0.2) is 52.7 Å². The lowest BCUT2D eigenvalue weighted by Gasteiger charge is -2.41. The van der Waals surface area contributed by atoms with E-state index in [-0.39, 0.29) is 5.92 Å². The lowest BCUT2D eigenvalue weighted by Crippen LogP contribution is -2.50. The molecule has 2 aromatic rings. The van der Waals surface area contributed by atoms with Crippen molar-refractivity contribution in [3.63, 3.8) is 0 Å². The molecule has 1 aliphatic heterocycles. The maximum Gasteiger partial charge on any atom is 0.126 e. The van der Waals surface area contributed by atoms with Crippen molar-refractivity contribution in [1.82, 2.24) is 9.80 Å². The van der Waals surface area contributed by atoms with Crippen molar-refractivity contribution >= 4 is 6.08 Å². The second-order valence-corrected chi connectivity index (χ2v) is 9.28. The average molecular weight is 425 g/mol. The Labute approximate surface area is 186 Å². The molecule has 2 heterocycles. The number of benzene rings is 1. The molecule has 1 N–H and O–H groups in total. The number of ether oxygens (including phenoxy) is 1. The van der Waals surface area contributed by atoms with E-state index in [1.54, 1.807) is 13.4 Å². The predicted molar refractivity (Wildman–Crippen MR) is 124 cm³/mol. The highest BCUT2D eigenvalue weighted by atomic mass is 16.5. The molecule has 1 aliphatic carbocycles. The van der Waals surface area contributed by atoms with Crippen LogP contribution in [0.25, 0.3) is 6.08 Å². The third kappa shape index (κ3) is 5.59. The Hall–Kier alpha value is -2.08. The molecular formula is C26H36N2O3. The third-order valence-corrected chi connectivity index (χ3v) is 7.00. The zero-order valence-corrected chi connectivity index (χ0v) is 18.9. The van der Waals surface area contributed by atoms with Crippen molar-refractivity contribution in [1.29, 1.82) is 0 Å². The van der Waals surface area contributed by atoms with Gasteiger partial charge in [0.05, 0.1) is 19.0 Å².